The lowest BCUT2D eigenvalue weighted by molar-refractivity contribution is 0.415. The van der Waals surface area contributed by atoms with Crippen LogP contribution in [-0.2, 0) is 0 Å². The molecule has 4 nitrogen and oxygen atoms in total. The van der Waals surface area contributed by atoms with Crippen molar-refractivity contribution in [2.45, 2.75) is 0 Å². The summed E-state index contributed by atoms with van der Waals surface area (Å²) in [5, 5.41) is 11.9. The van der Waals surface area contributed by atoms with E-state index < -0.39 is 0 Å². The number of ether oxygens (including phenoxy) is 1. The zero-order chi connectivity index (χ0) is 13.0. The first-order valence-corrected chi connectivity index (χ1v) is 5.52. The van der Waals surface area contributed by atoms with Gasteiger partial charge < -0.3 is 10.1 Å². The van der Waals surface area contributed by atoms with E-state index in [9.17, 15) is 0 Å². The number of nitrogens with one attached hydrogen (secondary N) is 1. The van der Waals surface area contributed by atoms with Crippen molar-refractivity contribution < 1.29 is 4.74 Å². The Morgan fingerprint density at radius 2 is 1.89 bits per heavy atom. The van der Waals surface area contributed by atoms with E-state index in [1.165, 1.54) is 0 Å². The summed E-state index contributed by atoms with van der Waals surface area (Å²) in [6, 6.07) is 13.3. The SMILES string of the molecule is CNc1nc(-c2ccc(OC)cc2)ccc1C#N. The average molecular weight is 239 g/mol. The Kier molecular flexibility index (Phi) is 3.44. The van der Waals surface area contributed by atoms with Crippen molar-refractivity contribution >= 4 is 5.82 Å². The van der Waals surface area contributed by atoms with Crippen molar-refractivity contribution in [1.82, 2.24) is 4.98 Å². The van der Waals surface area contributed by atoms with Crippen molar-refractivity contribution in [2.24, 2.45) is 0 Å². The molecule has 0 amide bonds. The number of nitrogens with zero attached hydrogens (tertiary/aromatic N) is 2. The van der Waals surface area contributed by atoms with E-state index in [1.54, 1.807) is 20.2 Å². The monoisotopic (exact) mass is 239 g/mol. The Hall–Kier alpha value is -2.54. The predicted octanol–water partition coefficient (Wildman–Crippen LogP) is 2.67. The smallest absolute Gasteiger partial charge is 0.144 e. The molecule has 0 unspecified atom stereocenters. The fraction of sp³-hybridized carbons (Fsp3) is 0.143. The fourth-order valence-corrected chi connectivity index (χ4v) is 1.66. The van der Waals surface area contributed by atoms with E-state index >= 15 is 0 Å². The molecule has 0 aliphatic heterocycles. The summed E-state index contributed by atoms with van der Waals surface area (Å²) >= 11 is 0. The van der Waals surface area contributed by atoms with Gasteiger partial charge in [-0.25, -0.2) is 4.98 Å². The van der Waals surface area contributed by atoms with Crippen LogP contribution in [0.5, 0.6) is 5.75 Å². The minimum Gasteiger partial charge on any atom is -0.497 e. The number of hydrogen-bond donors (Lipinski definition) is 1. The van der Waals surface area contributed by atoms with Crippen LogP contribution in [0.4, 0.5) is 5.82 Å². The van der Waals surface area contributed by atoms with Gasteiger partial charge in [0.1, 0.15) is 17.6 Å². The first-order chi connectivity index (χ1) is 8.78. The summed E-state index contributed by atoms with van der Waals surface area (Å²) in [6.45, 7) is 0. The highest BCUT2D eigenvalue weighted by Gasteiger charge is 2.05. The predicted molar refractivity (Wildman–Crippen MR) is 70.5 cm³/mol. The molecule has 1 heterocycles. The molecule has 0 aliphatic carbocycles. The average Bonchev–Trinajstić information content (AvgIpc) is 2.46. The molecule has 0 bridgehead atoms. The molecule has 0 spiro atoms. The van der Waals surface area contributed by atoms with Crippen molar-refractivity contribution in [3.63, 3.8) is 0 Å². The topological polar surface area (TPSA) is 57.9 Å². The fourth-order valence-electron chi connectivity index (χ4n) is 1.66. The van der Waals surface area contributed by atoms with E-state index in [4.69, 9.17) is 10.00 Å². The Morgan fingerprint density at radius 1 is 1.17 bits per heavy atom. The minimum atomic E-state index is 0.537. The van der Waals surface area contributed by atoms with Crippen LogP contribution >= 0.6 is 0 Å². The summed E-state index contributed by atoms with van der Waals surface area (Å²) in [5.41, 5.74) is 2.34. The largest absolute Gasteiger partial charge is 0.497 e. The van der Waals surface area contributed by atoms with Crippen molar-refractivity contribution in [3.05, 3.63) is 42.0 Å². The van der Waals surface area contributed by atoms with E-state index in [-0.39, 0.29) is 0 Å². The molecule has 0 atom stereocenters. The Labute approximate surface area is 106 Å². The van der Waals surface area contributed by atoms with Gasteiger partial charge in [-0.3, -0.25) is 0 Å². The second kappa shape index (κ2) is 5.19. The van der Waals surface area contributed by atoms with Crippen LogP contribution in [0.15, 0.2) is 36.4 Å². The Bertz CT molecular complexity index is 585. The van der Waals surface area contributed by atoms with Gasteiger partial charge in [0, 0.05) is 12.6 Å². The summed E-state index contributed by atoms with van der Waals surface area (Å²) < 4.78 is 5.11. The summed E-state index contributed by atoms with van der Waals surface area (Å²) in [7, 11) is 3.38. The van der Waals surface area contributed by atoms with Gasteiger partial charge in [-0.05, 0) is 36.4 Å². The summed E-state index contributed by atoms with van der Waals surface area (Å²) in [5.74, 6) is 1.40. The molecule has 0 fully saturated rings. The van der Waals surface area contributed by atoms with Gasteiger partial charge in [-0.15, -0.1) is 0 Å². The molecule has 18 heavy (non-hydrogen) atoms. The van der Waals surface area contributed by atoms with Crippen LogP contribution in [-0.4, -0.2) is 19.1 Å². The van der Waals surface area contributed by atoms with Crippen LogP contribution in [0.2, 0.25) is 0 Å². The first kappa shape index (κ1) is 11.9. The molecule has 1 aromatic heterocycles. The maximum Gasteiger partial charge on any atom is 0.144 e. The molecule has 4 heteroatoms. The second-order valence-corrected chi connectivity index (χ2v) is 3.68. The quantitative estimate of drug-likeness (QED) is 0.894. The number of hydrogen-bond acceptors (Lipinski definition) is 4. The molecule has 90 valence electrons. The summed E-state index contributed by atoms with van der Waals surface area (Å²) in [4.78, 5) is 4.41. The third-order valence-electron chi connectivity index (χ3n) is 2.64. The standard InChI is InChI=1S/C14H13N3O/c1-16-14-11(9-15)5-8-13(17-14)10-3-6-12(18-2)7-4-10/h3-8H,1-2H3,(H,16,17). The molecule has 1 N–H and O–H groups in total. The van der Waals surface area contributed by atoms with Gasteiger partial charge in [0.05, 0.1) is 18.4 Å². The van der Waals surface area contributed by atoms with Gasteiger partial charge in [-0.1, -0.05) is 0 Å². The highest BCUT2D eigenvalue weighted by molar-refractivity contribution is 5.65. The first-order valence-electron chi connectivity index (χ1n) is 5.52. The maximum atomic E-state index is 8.93. The van der Waals surface area contributed by atoms with E-state index in [2.05, 4.69) is 16.4 Å². The number of pyridine rings is 1. The van der Waals surface area contributed by atoms with Crippen LogP contribution in [0, 0.1) is 11.3 Å². The zero-order valence-corrected chi connectivity index (χ0v) is 10.3. The maximum absolute atomic E-state index is 8.93. The van der Waals surface area contributed by atoms with Crippen molar-refractivity contribution in [1.29, 1.82) is 5.26 Å². The number of rotatable bonds is 3. The van der Waals surface area contributed by atoms with E-state index in [0.29, 0.717) is 11.4 Å². The molecule has 2 aromatic rings. The molecule has 0 saturated heterocycles. The number of benzene rings is 1. The number of aromatic nitrogens is 1. The molecule has 0 saturated carbocycles. The van der Waals surface area contributed by atoms with Gasteiger partial charge in [0.25, 0.3) is 0 Å². The summed E-state index contributed by atoms with van der Waals surface area (Å²) in [6.07, 6.45) is 0. The zero-order valence-electron chi connectivity index (χ0n) is 10.3. The second-order valence-electron chi connectivity index (χ2n) is 3.68. The lowest BCUT2D eigenvalue weighted by Crippen LogP contribution is -1.97. The third kappa shape index (κ3) is 2.25. The van der Waals surface area contributed by atoms with Gasteiger partial charge in [0.15, 0.2) is 0 Å². The number of anilines is 1. The van der Waals surface area contributed by atoms with Gasteiger partial charge >= 0.3 is 0 Å². The minimum absolute atomic E-state index is 0.537. The lowest BCUT2D eigenvalue weighted by atomic mass is 10.1. The van der Waals surface area contributed by atoms with Crippen LogP contribution in [0.3, 0.4) is 0 Å². The molecule has 0 aliphatic rings. The highest BCUT2D eigenvalue weighted by atomic mass is 16.5. The molecular formula is C14H13N3O. The lowest BCUT2D eigenvalue weighted by Gasteiger charge is -2.06. The third-order valence-corrected chi connectivity index (χ3v) is 2.64. The molecular weight excluding hydrogens is 226 g/mol. The Morgan fingerprint density at radius 3 is 2.44 bits per heavy atom. The van der Waals surface area contributed by atoms with Gasteiger partial charge in [0.2, 0.25) is 0 Å². The van der Waals surface area contributed by atoms with Crippen molar-refractivity contribution in [2.75, 3.05) is 19.5 Å². The van der Waals surface area contributed by atoms with E-state index in [1.807, 2.05) is 30.3 Å². The number of methoxy groups -OCH3 is 1. The molecule has 0 radical (unpaired) electrons. The highest BCUT2D eigenvalue weighted by Crippen LogP contribution is 2.23. The van der Waals surface area contributed by atoms with Crippen LogP contribution in [0.25, 0.3) is 11.3 Å². The Balaban J connectivity index is 2.41. The normalized spacial score (nSPS) is 9.61. The van der Waals surface area contributed by atoms with Crippen LogP contribution < -0.4 is 10.1 Å². The van der Waals surface area contributed by atoms with Crippen molar-refractivity contribution in [3.8, 4) is 23.1 Å². The number of nitriles is 1. The van der Waals surface area contributed by atoms with Gasteiger partial charge in [-0.2, -0.15) is 5.26 Å². The van der Waals surface area contributed by atoms with E-state index in [0.717, 1.165) is 17.0 Å². The van der Waals surface area contributed by atoms with Crippen LogP contribution in [0.1, 0.15) is 5.56 Å². The molecule has 1 aromatic carbocycles. The molecule has 2 rings (SSSR count).